The zero-order chi connectivity index (χ0) is 96.1. The number of piperidine rings is 2. The molecule has 0 aliphatic carbocycles. The van der Waals surface area contributed by atoms with Gasteiger partial charge in [0.05, 0.1) is 81.1 Å². The van der Waals surface area contributed by atoms with Crippen LogP contribution in [0.4, 0.5) is 82.2 Å². The summed E-state index contributed by atoms with van der Waals surface area (Å²) in [4.78, 5) is 111. The van der Waals surface area contributed by atoms with Crippen molar-refractivity contribution in [2.45, 2.75) is 268 Å². The number of anilines is 8. The number of nitrogens with two attached hydrogens (primary N) is 2. The first-order valence-electron chi connectivity index (χ1n) is 48.3. The van der Waals surface area contributed by atoms with Gasteiger partial charge in [-0.3, -0.25) is 29.2 Å². The minimum atomic E-state index is -0.727. The number of amides is 6. The Hall–Kier alpha value is -12.8. The quantitative estimate of drug-likeness (QED) is 0.0297. The van der Waals surface area contributed by atoms with Gasteiger partial charge in [0.1, 0.15) is 57.5 Å². The number of nitrogen functional groups attached to an aromatic ring is 2. The number of H-pyrrole nitrogens is 2. The van der Waals surface area contributed by atoms with Crippen LogP contribution in [-0.2, 0) is 28.5 Å². The van der Waals surface area contributed by atoms with Crippen LogP contribution in [-0.4, -0.2) is 163 Å². The maximum atomic E-state index is 16.7. The van der Waals surface area contributed by atoms with E-state index < -0.39 is 82.0 Å². The van der Waals surface area contributed by atoms with Crippen LogP contribution in [0, 0.1) is 23.3 Å². The average molecular weight is 1860 g/mol. The SMILES string of the molecule is CC(C)(C)OC(=O)N1CCCC1c1nc2ccc(C3CCC(c4ccc5nc(C6CCCN6C(=O)OC(C)(C)C)[nH]c5c4)N3c3cc(F)c(N4CCC(c5ccccc5)CC4)c(F)c3)cc2[nH]1.CC(C)(C)OC(=O)N1CCC[C@H]1C(=O)Nc1ccc(C2CCC(c3ccc(NC(=O)[C@@H]4CCCN4C(=O)OC(C)(C)C)c(N)c3)N2c2cc(F)c(N3CCC(c4ccccc4)CC3)c(F)c2)cc1N. The number of aromatic amines is 2. The van der Waals surface area contributed by atoms with E-state index in [4.69, 9.17) is 40.4 Å². The van der Waals surface area contributed by atoms with Gasteiger partial charge in [0.25, 0.3) is 0 Å². The van der Waals surface area contributed by atoms with Gasteiger partial charge in [0.2, 0.25) is 11.8 Å². The first-order valence-corrected chi connectivity index (χ1v) is 48.3. The molecule has 6 amide bonds. The Morgan fingerprint density at radius 1 is 0.346 bits per heavy atom. The van der Waals surface area contributed by atoms with Gasteiger partial charge in [-0.05, 0) is 304 Å². The largest absolute Gasteiger partial charge is 0.444 e. The molecule has 0 saturated carbocycles. The van der Waals surface area contributed by atoms with E-state index in [1.165, 1.54) is 45.2 Å². The zero-order valence-corrected chi connectivity index (χ0v) is 80.0. The topological polar surface area (TPSA) is 299 Å². The lowest BCUT2D eigenvalue weighted by Gasteiger charge is -2.36. The molecule has 8 saturated heterocycles. The number of fused-ring (bicyclic) bond motifs is 2. The highest BCUT2D eigenvalue weighted by atomic mass is 19.1. The zero-order valence-electron chi connectivity index (χ0n) is 80.0. The summed E-state index contributed by atoms with van der Waals surface area (Å²) in [6.45, 7) is 26.0. The smallest absolute Gasteiger partial charge is 0.410 e. The molecule has 2 aromatic heterocycles. The predicted octanol–water partition coefficient (Wildman–Crippen LogP) is 22.6. The normalized spacial score (nSPS) is 21.5. The number of benzene rings is 8. The summed E-state index contributed by atoms with van der Waals surface area (Å²) in [7, 11) is 0. The van der Waals surface area contributed by atoms with Gasteiger partial charge < -0.3 is 70.6 Å². The minimum absolute atomic E-state index is 0.0278. The number of imidazole rings is 2. The van der Waals surface area contributed by atoms with Gasteiger partial charge in [-0.15, -0.1) is 0 Å². The van der Waals surface area contributed by atoms with Crippen molar-refractivity contribution < 1.29 is 65.3 Å². The van der Waals surface area contributed by atoms with Gasteiger partial charge in [-0.25, -0.2) is 46.7 Å². The number of likely N-dealkylation sites (tertiary alicyclic amines) is 4. The Morgan fingerprint density at radius 3 is 0.971 bits per heavy atom. The summed E-state index contributed by atoms with van der Waals surface area (Å²) < 4.78 is 89.2. The van der Waals surface area contributed by atoms with Crippen LogP contribution in [0.25, 0.3) is 22.1 Å². The van der Waals surface area contributed by atoms with Gasteiger partial charge in [0, 0.05) is 63.7 Å². The van der Waals surface area contributed by atoms with E-state index in [-0.39, 0.29) is 70.9 Å². The fraction of sp³-hybridized carbons (Fsp3) is 0.472. The van der Waals surface area contributed by atoms with Crippen molar-refractivity contribution in [1.29, 1.82) is 0 Å². The number of hydrogen-bond donors (Lipinski definition) is 6. The minimum Gasteiger partial charge on any atom is -0.444 e. The lowest BCUT2D eigenvalue weighted by Crippen LogP contribution is -2.45. The Morgan fingerprint density at radius 2 is 0.647 bits per heavy atom. The van der Waals surface area contributed by atoms with Crippen molar-refractivity contribution in [3.05, 3.63) is 226 Å². The lowest BCUT2D eigenvalue weighted by molar-refractivity contribution is -0.121. The summed E-state index contributed by atoms with van der Waals surface area (Å²) in [6.07, 6.45) is 9.44. The molecular weight excluding hydrogens is 1730 g/mol. The Labute approximate surface area is 792 Å². The molecule has 8 aromatic carbocycles. The Kier molecular flexibility index (Phi) is 27.1. The van der Waals surface area contributed by atoms with E-state index in [9.17, 15) is 28.8 Å². The van der Waals surface area contributed by atoms with E-state index in [2.05, 4.69) is 74.0 Å². The average Bonchev–Trinajstić information content (AvgIpc) is 1.62. The van der Waals surface area contributed by atoms with Crippen molar-refractivity contribution in [3.8, 4) is 0 Å². The summed E-state index contributed by atoms with van der Waals surface area (Å²) in [5.41, 5.74) is 22.0. The number of nitrogens with one attached hydrogen (secondary N) is 4. The maximum absolute atomic E-state index is 16.7. The lowest BCUT2D eigenvalue weighted by atomic mass is 9.89. The predicted molar refractivity (Wildman–Crippen MR) is 521 cm³/mol. The van der Waals surface area contributed by atoms with Crippen molar-refractivity contribution in [1.82, 2.24) is 39.5 Å². The number of aromatic nitrogens is 4. The molecule has 720 valence electrons. The molecule has 30 heteroatoms. The van der Waals surface area contributed by atoms with E-state index in [1.807, 2.05) is 112 Å². The Balaban J connectivity index is 0.000000189. The molecular formula is C106H128F4N16O10. The second-order valence-corrected chi connectivity index (χ2v) is 41.7. The first kappa shape index (κ1) is 95.0. The number of carbonyl (C=O) groups excluding carboxylic acids is 6. The molecule has 136 heavy (non-hydrogen) atoms. The number of rotatable bonds is 16. The van der Waals surface area contributed by atoms with Crippen LogP contribution in [0.1, 0.15) is 279 Å². The van der Waals surface area contributed by atoms with E-state index in [0.29, 0.717) is 137 Å². The number of nitrogens with zero attached hydrogens (tertiary/aromatic N) is 10. The fourth-order valence-electron chi connectivity index (χ4n) is 21.4. The van der Waals surface area contributed by atoms with E-state index in [1.54, 1.807) is 80.5 Å². The molecule has 6 unspecified atom stereocenters. The molecule has 8 N–H and O–H groups in total. The molecule has 0 spiro atoms. The van der Waals surface area contributed by atoms with Crippen molar-refractivity contribution in [2.75, 3.05) is 94.1 Å². The van der Waals surface area contributed by atoms with Crippen molar-refractivity contribution in [3.63, 3.8) is 0 Å². The Bertz CT molecular complexity index is 5780. The molecule has 10 aromatic rings. The van der Waals surface area contributed by atoms with Crippen LogP contribution < -0.4 is 41.7 Å². The third-order valence-corrected chi connectivity index (χ3v) is 27.5. The van der Waals surface area contributed by atoms with E-state index in [0.717, 1.165) is 109 Å². The maximum Gasteiger partial charge on any atom is 0.410 e. The molecule has 8 atom stereocenters. The number of hydrogen-bond acceptors (Lipinski definition) is 18. The molecule has 8 fully saturated rings. The summed E-state index contributed by atoms with van der Waals surface area (Å²) >= 11 is 0. The van der Waals surface area contributed by atoms with Crippen LogP contribution >= 0.6 is 0 Å². The van der Waals surface area contributed by atoms with Gasteiger partial charge in [-0.2, -0.15) is 0 Å². The molecule has 18 rings (SSSR count). The van der Waals surface area contributed by atoms with Crippen molar-refractivity contribution in [2.24, 2.45) is 0 Å². The summed E-state index contributed by atoms with van der Waals surface area (Å²) in [6, 6.07) is 46.2. The summed E-state index contributed by atoms with van der Waals surface area (Å²) in [5, 5.41) is 5.84. The van der Waals surface area contributed by atoms with Gasteiger partial charge in [-0.1, -0.05) is 84.9 Å². The number of ether oxygens (including phenoxy) is 4. The number of halogens is 4. The van der Waals surface area contributed by atoms with E-state index >= 15 is 17.6 Å². The summed E-state index contributed by atoms with van der Waals surface area (Å²) in [5.74, 6) is -1.15. The van der Waals surface area contributed by atoms with Crippen LogP contribution in [0.2, 0.25) is 0 Å². The molecule has 8 aliphatic heterocycles. The molecule has 0 bridgehead atoms. The third-order valence-electron chi connectivity index (χ3n) is 27.5. The highest BCUT2D eigenvalue weighted by Crippen LogP contribution is 2.53. The van der Waals surface area contributed by atoms with Crippen LogP contribution in [0.15, 0.2) is 158 Å². The highest BCUT2D eigenvalue weighted by Gasteiger charge is 2.45. The molecule has 0 radical (unpaired) electrons. The van der Waals surface area contributed by atoms with Crippen LogP contribution in [0.5, 0.6) is 0 Å². The highest BCUT2D eigenvalue weighted by molar-refractivity contribution is 6.00. The number of carbonyl (C=O) groups is 6. The van der Waals surface area contributed by atoms with Gasteiger partial charge >= 0.3 is 24.4 Å². The monoisotopic (exact) mass is 1860 g/mol. The van der Waals surface area contributed by atoms with Crippen LogP contribution in [0.3, 0.4) is 0 Å². The standard InChI is InChI=1S/C53H66F2N8O6.C53H62F2N8O4/c1-52(2,3)68-50(66)61-24-10-14-45(61)48(64)58-41-18-16-34(28-39(41)56)43-20-21-44(35-17-19-42(40(57)29-35)59-49(65)46-15-11-25-62(46)51(67)69-53(4,5)6)63(43)36-30-37(54)47(38(55)31-36)60-26-22-33(23-27-60)32-12-8-7-9-13-32;1-52(2,3)66-50(64)61-24-10-14-45(61)48-56-39-18-16-34(28-41(39)58-48)43-20-21-44(35-17-19-40-42(29-35)59-49(57-40)46-15-11-25-62(46)51(65)67-53(4,5)6)63(43)36-30-37(54)47(38(55)31-36)60-26-22-33(23-27-60)32-12-8-7-9-13-32/h7-9,12-13,16-19,28-31,33,43-46H,10-11,14-15,20-27,56-57H2,1-6H3,(H,58,64)(H,59,65);7-9,12-13,16-19,28-31,33,43-46H,10-11,14-15,20-27H2,1-6H3,(H,56,58)(H,57,59)/t43?,44?,45-,46-;/m0./s1. The van der Waals surface area contributed by atoms with Crippen molar-refractivity contribution >= 4 is 104 Å². The fourth-order valence-corrected chi connectivity index (χ4v) is 21.4. The molecule has 10 heterocycles. The molecule has 8 aliphatic rings. The van der Waals surface area contributed by atoms with Gasteiger partial charge in [0.15, 0.2) is 23.3 Å². The second kappa shape index (κ2) is 38.8. The second-order valence-electron chi connectivity index (χ2n) is 41.7. The molecule has 26 nitrogen and oxygen atoms in total. The third kappa shape index (κ3) is 21.0. The first-order chi connectivity index (χ1) is 64.8.